The van der Waals surface area contributed by atoms with E-state index >= 15 is 0 Å². The van der Waals surface area contributed by atoms with Crippen LogP contribution in [-0.4, -0.2) is 19.1 Å². The Kier molecular flexibility index (Phi) is 5.91. The summed E-state index contributed by atoms with van der Waals surface area (Å²) in [6.45, 7) is 10.00. The van der Waals surface area contributed by atoms with Gasteiger partial charge in [-0.25, -0.2) is 0 Å². The van der Waals surface area contributed by atoms with Gasteiger partial charge in [-0.05, 0) is 65.4 Å². The van der Waals surface area contributed by atoms with Crippen molar-refractivity contribution >= 4 is 21.6 Å². The van der Waals surface area contributed by atoms with Crippen LogP contribution in [0, 0.1) is 5.92 Å². The van der Waals surface area contributed by atoms with Gasteiger partial charge in [-0.1, -0.05) is 26.8 Å². The Hall–Kier alpha value is -0.540. The molecule has 1 unspecified atom stereocenters. The van der Waals surface area contributed by atoms with Crippen LogP contribution in [0.1, 0.15) is 45.6 Å². The minimum absolute atomic E-state index is 0.702. The summed E-state index contributed by atoms with van der Waals surface area (Å²) in [5.74, 6) is 0.702. The van der Waals surface area contributed by atoms with E-state index in [2.05, 4.69) is 65.1 Å². The first-order chi connectivity index (χ1) is 9.61. The summed E-state index contributed by atoms with van der Waals surface area (Å²) < 4.78 is 1.24. The van der Waals surface area contributed by atoms with Gasteiger partial charge in [0.2, 0.25) is 0 Å². The van der Waals surface area contributed by atoms with Gasteiger partial charge < -0.3 is 10.2 Å². The highest BCUT2D eigenvalue weighted by Crippen LogP contribution is 2.33. The van der Waals surface area contributed by atoms with Gasteiger partial charge in [-0.15, -0.1) is 0 Å². The first-order valence-electron chi connectivity index (χ1n) is 7.87. The van der Waals surface area contributed by atoms with Gasteiger partial charge in [0.15, 0.2) is 0 Å². The van der Waals surface area contributed by atoms with E-state index in [1.165, 1.54) is 41.5 Å². The minimum atomic E-state index is 0.702. The van der Waals surface area contributed by atoms with E-state index in [0.717, 1.165) is 19.1 Å². The first kappa shape index (κ1) is 15.8. The topological polar surface area (TPSA) is 15.3 Å². The molecule has 1 heterocycles. The molecule has 0 aliphatic carbocycles. The molecule has 1 saturated heterocycles. The second-order valence-electron chi connectivity index (χ2n) is 6.21. The van der Waals surface area contributed by atoms with Gasteiger partial charge in [0.1, 0.15) is 0 Å². The molecule has 1 N–H and O–H groups in total. The maximum Gasteiger partial charge on any atom is 0.0513 e. The largest absolute Gasteiger partial charge is 0.368 e. The lowest BCUT2D eigenvalue weighted by Crippen LogP contribution is -2.28. The van der Waals surface area contributed by atoms with Crippen molar-refractivity contribution in [2.24, 2.45) is 5.92 Å². The van der Waals surface area contributed by atoms with Crippen LogP contribution in [0.25, 0.3) is 0 Å². The summed E-state index contributed by atoms with van der Waals surface area (Å²) in [5.41, 5.74) is 2.72. The van der Waals surface area contributed by atoms with Gasteiger partial charge in [-0.3, -0.25) is 0 Å². The molecule has 2 nitrogen and oxygen atoms in total. The van der Waals surface area contributed by atoms with Crippen molar-refractivity contribution in [3.63, 3.8) is 0 Å². The first-order valence-corrected chi connectivity index (χ1v) is 8.67. The lowest BCUT2D eigenvalue weighted by atomic mass is 10.1. The van der Waals surface area contributed by atoms with Crippen LogP contribution in [0.3, 0.4) is 0 Å². The average Bonchev–Trinajstić information content (AvgIpc) is 2.86. The summed E-state index contributed by atoms with van der Waals surface area (Å²) >= 11 is 3.77. The molecule has 0 amide bonds. The lowest BCUT2D eigenvalue weighted by Gasteiger charge is -2.27. The van der Waals surface area contributed by atoms with E-state index in [4.69, 9.17) is 0 Å². The number of benzene rings is 1. The zero-order valence-corrected chi connectivity index (χ0v) is 14.5. The van der Waals surface area contributed by atoms with Crippen molar-refractivity contribution in [1.29, 1.82) is 0 Å². The molecule has 0 radical (unpaired) electrons. The van der Waals surface area contributed by atoms with E-state index in [-0.39, 0.29) is 0 Å². The SMILES string of the molecule is CCC1CCCN1c1ccc(CNCC(C)C)cc1Br. The standard InChI is InChI=1S/C17H27BrN2/c1-4-15-6-5-9-20(15)17-8-7-14(10-16(17)18)12-19-11-13(2)3/h7-8,10,13,15,19H,4-6,9,11-12H2,1-3H3. The fourth-order valence-corrected chi connectivity index (χ4v) is 3.63. The van der Waals surface area contributed by atoms with Gasteiger partial charge >= 0.3 is 0 Å². The third-order valence-corrected chi connectivity index (χ3v) is 4.69. The zero-order chi connectivity index (χ0) is 14.5. The van der Waals surface area contributed by atoms with Crippen molar-refractivity contribution in [3.05, 3.63) is 28.2 Å². The molecule has 1 aliphatic rings. The van der Waals surface area contributed by atoms with Crippen LogP contribution in [0.4, 0.5) is 5.69 Å². The molecule has 0 bridgehead atoms. The maximum absolute atomic E-state index is 3.77. The van der Waals surface area contributed by atoms with Crippen LogP contribution < -0.4 is 10.2 Å². The molecular weight excluding hydrogens is 312 g/mol. The van der Waals surface area contributed by atoms with Crippen LogP contribution in [-0.2, 0) is 6.54 Å². The number of nitrogens with zero attached hydrogens (tertiary/aromatic N) is 1. The molecule has 0 saturated carbocycles. The van der Waals surface area contributed by atoms with Crippen LogP contribution in [0.2, 0.25) is 0 Å². The highest BCUT2D eigenvalue weighted by Gasteiger charge is 2.24. The Labute approximate surface area is 132 Å². The molecule has 2 rings (SSSR count). The fourth-order valence-electron chi connectivity index (χ4n) is 2.98. The van der Waals surface area contributed by atoms with Crippen molar-refractivity contribution < 1.29 is 0 Å². The Morgan fingerprint density at radius 3 is 2.85 bits per heavy atom. The normalized spacial score (nSPS) is 19.1. The summed E-state index contributed by atoms with van der Waals surface area (Å²) in [5, 5.41) is 3.50. The Morgan fingerprint density at radius 2 is 2.20 bits per heavy atom. The molecule has 0 spiro atoms. The number of hydrogen-bond acceptors (Lipinski definition) is 2. The van der Waals surface area contributed by atoms with Gasteiger partial charge in [0.05, 0.1) is 5.69 Å². The summed E-state index contributed by atoms with van der Waals surface area (Å²) in [7, 11) is 0. The highest BCUT2D eigenvalue weighted by molar-refractivity contribution is 9.10. The summed E-state index contributed by atoms with van der Waals surface area (Å²) in [6, 6.07) is 7.53. The lowest BCUT2D eigenvalue weighted by molar-refractivity contribution is 0.552. The van der Waals surface area contributed by atoms with E-state index in [9.17, 15) is 0 Å². The molecular formula is C17H27BrN2. The Bertz CT molecular complexity index is 431. The molecule has 3 heteroatoms. The van der Waals surface area contributed by atoms with Gasteiger partial charge in [0, 0.05) is 23.6 Å². The molecule has 1 atom stereocenters. The van der Waals surface area contributed by atoms with Crippen LogP contribution in [0.15, 0.2) is 22.7 Å². The molecule has 1 aromatic rings. The van der Waals surface area contributed by atoms with E-state index in [1.54, 1.807) is 0 Å². The monoisotopic (exact) mass is 338 g/mol. The number of nitrogens with one attached hydrogen (secondary N) is 1. The summed E-state index contributed by atoms with van der Waals surface area (Å²) in [6.07, 6.45) is 3.90. The number of rotatable bonds is 6. The van der Waals surface area contributed by atoms with Crippen molar-refractivity contribution in [1.82, 2.24) is 5.32 Å². The predicted molar refractivity (Wildman–Crippen MR) is 91.3 cm³/mol. The second-order valence-corrected chi connectivity index (χ2v) is 7.06. The highest BCUT2D eigenvalue weighted by atomic mass is 79.9. The quantitative estimate of drug-likeness (QED) is 0.816. The Morgan fingerprint density at radius 1 is 1.40 bits per heavy atom. The molecule has 1 aliphatic heterocycles. The molecule has 112 valence electrons. The van der Waals surface area contributed by atoms with Crippen molar-refractivity contribution in [2.45, 2.75) is 52.6 Å². The van der Waals surface area contributed by atoms with E-state index < -0.39 is 0 Å². The molecule has 1 aromatic carbocycles. The zero-order valence-electron chi connectivity index (χ0n) is 13.0. The maximum atomic E-state index is 3.77. The van der Waals surface area contributed by atoms with Crippen molar-refractivity contribution in [3.8, 4) is 0 Å². The minimum Gasteiger partial charge on any atom is -0.368 e. The van der Waals surface area contributed by atoms with Crippen LogP contribution >= 0.6 is 15.9 Å². The molecule has 1 fully saturated rings. The van der Waals surface area contributed by atoms with Crippen molar-refractivity contribution in [2.75, 3.05) is 18.0 Å². The number of hydrogen-bond donors (Lipinski definition) is 1. The average molecular weight is 339 g/mol. The third-order valence-electron chi connectivity index (χ3n) is 4.05. The Balaban J connectivity index is 2.02. The molecule has 20 heavy (non-hydrogen) atoms. The molecule has 0 aromatic heterocycles. The van der Waals surface area contributed by atoms with Gasteiger partial charge in [0.25, 0.3) is 0 Å². The van der Waals surface area contributed by atoms with Gasteiger partial charge in [-0.2, -0.15) is 0 Å². The third kappa shape index (κ3) is 3.98. The summed E-state index contributed by atoms with van der Waals surface area (Å²) in [4.78, 5) is 2.56. The predicted octanol–water partition coefficient (Wildman–Crippen LogP) is 4.57. The number of halogens is 1. The second kappa shape index (κ2) is 7.46. The fraction of sp³-hybridized carbons (Fsp3) is 0.647. The smallest absolute Gasteiger partial charge is 0.0513 e. The number of anilines is 1. The van der Waals surface area contributed by atoms with Crippen LogP contribution in [0.5, 0.6) is 0 Å². The van der Waals surface area contributed by atoms with E-state index in [1.807, 2.05) is 0 Å². The van der Waals surface area contributed by atoms with E-state index in [0.29, 0.717) is 5.92 Å².